The van der Waals surface area contributed by atoms with E-state index in [1.807, 2.05) is 75.6 Å². The first-order chi connectivity index (χ1) is 21.1. The zero-order valence-corrected chi connectivity index (χ0v) is 27.0. The molecule has 234 valence electrons. The van der Waals surface area contributed by atoms with Crippen molar-refractivity contribution >= 4 is 29.5 Å². The highest BCUT2D eigenvalue weighted by Crippen LogP contribution is 2.28. The Balaban J connectivity index is 1.59. The zero-order chi connectivity index (χ0) is 31.8. The SMILES string of the molecule is CCNC(=O)c1ccccc1-c1ccc(CN2Cc3ccc(SC)cc3C[C@@H](NC(=O)C(NC[C@@H](C)O)C(C)C)C2=O)cc1. The minimum atomic E-state index is -0.723. The first kappa shape index (κ1) is 33.2. The van der Waals surface area contributed by atoms with Crippen LogP contribution in [0.15, 0.2) is 71.6 Å². The van der Waals surface area contributed by atoms with Crippen LogP contribution in [0.1, 0.15) is 54.7 Å². The predicted octanol–water partition coefficient (Wildman–Crippen LogP) is 4.39. The summed E-state index contributed by atoms with van der Waals surface area (Å²) in [6.07, 6.45) is 1.83. The van der Waals surface area contributed by atoms with Gasteiger partial charge in [0.15, 0.2) is 0 Å². The van der Waals surface area contributed by atoms with Gasteiger partial charge in [0.05, 0.1) is 12.1 Å². The average molecular weight is 617 g/mol. The molecule has 3 atom stereocenters. The van der Waals surface area contributed by atoms with E-state index in [-0.39, 0.29) is 30.2 Å². The van der Waals surface area contributed by atoms with Crippen LogP contribution in [0, 0.1) is 5.92 Å². The smallest absolute Gasteiger partial charge is 0.251 e. The molecule has 0 aromatic heterocycles. The third kappa shape index (κ3) is 8.28. The number of carbonyl (C=O) groups is 3. The minimum Gasteiger partial charge on any atom is -0.392 e. The molecule has 4 N–H and O–H groups in total. The van der Waals surface area contributed by atoms with E-state index >= 15 is 0 Å². The van der Waals surface area contributed by atoms with Crippen molar-refractivity contribution in [2.75, 3.05) is 19.3 Å². The van der Waals surface area contributed by atoms with Gasteiger partial charge in [-0.25, -0.2) is 0 Å². The molecule has 9 heteroatoms. The standard InChI is InChI=1S/C35H44N4O4S/c1-6-36-33(41)30-10-8-7-9-29(30)25-13-11-24(12-14-25)20-39-21-26-15-16-28(44-5)17-27(26)18-31(35(39)43)38-34(42)32(22(2)3)37-19-23(4)40/h7-17,22-23,31-32,37,40H,6,18-21H2,1-5H3,(H,36,41)(H,38,42)/t23-,31-,32?/m1/s1. The molecule has 0 saturated carbocycles. The molecule has 44 heavy (non-hydrogen) atoms. The maximum absolute atomic E-state index is 14.0. The summed E-state index contributed by atoms with van der Waals surface area (Å²) in [4.78, 5) is 43.0. The van der Waals surface area contributed by atoms with Crippen LogP contribution in [0.3, 0.4) is 0 Å². The number of fused-ring (bicyclic) bond motifs is 1. The van der Waals surface area contributed by atoms with Crippen molar-refractivity contribution in [3.05, 3.63) is 89.0 Å². The number of amides is 3. The molecule has 0 radical (unpaired) electrons. The van der Waals surface area contributed by atoms with Crippen LogP contribution in [-0.4, -0.2) is 65.3 Å². The van der Waals surface area contributed by atoms with E-state index in [1.165, 1.54) is 0 Å². The molecule has 0 saturated heterocycles. The zero-order valence-electron chi connectivity index (χ0n) is 26.2. The summed E-state index contributed by atoms with van der Waals surface area (Å²) in [6, 6.07) is 20.5. The Kier molecular flexibility index (Phi) is 11.6. The quantitative estimate of drug-likeness (QED) is 0.225. The van der Waals surface area contributed by atoms with Crippen LogP contribution in [0.5, 0.6) is 0 Å². The topological polar surface area (TPSA) is 111 Å². The Labute approximate surface area is 265 Å². The van der Waals surface area contributed by atoms with Gasteiger partial charge in [0, 0.05) is 43.1 Å². The number of carbonyl (C=O) groups excluding carboxylic acids is 3. The molecule has 1 heterocycles. The van der Waals surface area contributed by atoms with Gasteiger partial charge in [0.2, 0.25) is 11.8 Å². The number of thioether (sulfide) groups is 1. The number of benzene rings is 3. The summed E-state index contributed by atoms with van der Waals surface area (Å²) >= 11 is 1.65. The normalized spacial score (nSPS) is 16.2. The molecule has 1 aliphatic heterocycles. The number of aliphatic hydroxyl groups excluding tert-OH is 1. The molecule has 0 bridgehead atoms. The van der Waals surface area contributed by atoms with Crippen LogP contribution in [0.2, 0.25) is 0 Å². The van der Waals surface area contributed by atoms with Crippen LogP contribution < -0.4 is 16.0 Å². The van der Waals surface area contributed by atoms with E-state index in [0.29, 0.717) is 31.6 Å². The third-order valence-electron chi connectivity index (χ3n) is 7.85. The molecule has 1 aliphatic rings. The lowest BCUT2D eigenvalue weighted by molar-refractivity contribution is -0.137. The van der Waals surface area contributed by atoms with Crippen LogP contribution in [0.4, 0.5) is 0 Å². The highest BCUT2D eigenvalue weighted by molar-refractivity contribution is 7.98. The maximum atomic E-state index is 14.0. The van der Waals surface area contributed by atoms with Crippen LogP contribution >= 0.6 is 11.8 Å². The lowest BCUT2D eigenvalue weighted by Gasteiger charge is -2.28. The van der Waals surface area contributed by atoms with Gasteiger partial charge in [-0.1, -0.05) is 62.4 Å². The molecule has 4 rings (SSSR count). The van der Waals surface area contributed by atoms with E-state index in [0.717, 1.165) is 32.7 Å². The van der Waals surface area contributed by atoms with Crippen molar-refractivity contribution in [2.24, 2.45) is 5.92 Å². The number of hydrogen-bond donors (Lipinski definition) is 4. The highest BCUT2D eigenvalue weighted by Gasteiger charge is 2.33. The summed E-state index contributed by atoms with van der Waals surface area (Å²) < 4.78 is 0. The summed E-state index contributed by atoms with van der Waals surface area (Å²) in [7, 11) is 0. The predicted molar refractivity (Wildman–Crippen MR) is 176 cm³/mol. The Morgan fingerprint density at radius 2 is 1.75 bits per heavy atom. The monoisotopic (exact) mass is 616 g/mol. The van der Waals surface area contributed by atoms with Gasteiger partial charge in [-0.3, -0.25) is 14.4 Å². The van der Waals surface area contributed by atoms with Gasteiger partial charge >= 0.3 is 0 Å². The molecule has 8 nitrogen and oxygen atoms in total. The lowest BCUT2D eigenvalue weighted by Crippen LogP contribution is -2.55. The van der Waals surface area contributed by atoms with E-state index in [2.05, 4.69) is 34.1 Å². The number of rotatable bonds is 12. The molecule has 3 amide bonds. The number of aliphatic hydroxyl groups is 1. The Hall–Kier alpha value is -3.66. The van der Waals surface area contributed by atoms with Gasteiger partial charge in [-0.05, 0) is 72.0 Å². The number of nitrogens with zero attached hydrogens (tertiary/aromatic N) is 1. The first-order valence-corrected chi connectivity index (χ1v) is 16.5. The first-order valence-electron chi connectivity index (χ1n) is 15.2. The van der Waals surface area contributed by atoms with Crippen molar-refractivity contribution in [1.82, 2.24) is 20.9 Å². The maximum Gasteiger partial charge on any atom is 0.251 e. The van der Waals surface area contributed by atoms with Gasteiger partial charge < -0.3 is 26.0 Å². The molecule has 0 spiro atoms. The van der Waals surface area contributed by atoms with E-state index in [4.69, 9.17) is 0 Å². The molecule has 0 aliphatic carbocycles. The van der Waals surface area contributed by atoms with E-state index in [9.17, 15) is 19.5 Å². The third-order valence-corrected chi connectivity index (χ3v) is 8.58. The van der Waals surface area contributed by atoms with Gasteiger partial charge in [0.1, 0.15) is 6.04 Å². The second-order valence-electron chi connectivity index (χ2n) is 11.7. The minimum absolute atomic E-state index is 0.0298. The van der Waals surface area contributed by atoms with Gasteiger partial charge in [0.25, 0.3) is 5.91 Å². The average Bonchev–Trinajstić information content (AvgIpc) is 3.12. The molecule has 3 aromatic rings. The fourth-order valence-corrected chi connectivity index (χ4v) is 5.98. The second-order valence-corrected chi connectivity index (χ2v) is 12.6. The Morgan fingerprint density at radius 1 is 1.02 bits per heavy atom. The van der Waals surface area contributed by atoms with E-state index < -0.39 is 18.2 Å². The highest BCUT2D eigenvalue weighted by atomic mass is 32.2. The number of nitrogens with one attached hydrogen (secondary N) is 3. The summed E-state index contributed by atoms with van der Waals surface area (Å²) in [5.41, 5.74) is 5.45. The van der Waals surface area contributed by atoms with Crippen molar-refractivity contribution in [3.63, 3.8) is 0 Å². The molecular formula is C35H44N4O4S. The van der Waals surface area contributed by atoms with Crippen molar-refractivity contribution < 1.29 is 19.5 Å². The molecule has 1 unspecified atom stereocenters. The summed E-state index contributed by atoms with van der Waals surface area (Å²) in [5, 5.41) is 18.8. The van der Waals surface area contributed by atoms with Crippen LogP contribution in [0.25, 0.3) is 11.1 Å². The molecule has 0 fully saturated rings. The summed E-state index contributed by atoms with van der Waals surface area (Å²) in [5.74, 6) is -0.528. The van der Waals surface area contributed by atoms with E-state index in [1.54, 1.807) is 23.6 Å². The fraction of sp³-hybridized carbons (Fsp3) is 0.400. The summed E-state index contributed by atoms with van der Waals surface area (Å²) in [6.45, 7) is 9.10. The van der Waals surface area contributed by atoms with Crippen molar-refractivity contribution in [3.8, 4) is 11.1 Å². The molecular weight excluding hydrogens is 572 g/mol. The van der Waals surface area contributed by atoms with Crippen molar-refractivity contribution in [2.45, 2.75) is 70.3 Å². The van der Waals surface area contributed by atoms with Gasteiger partial charge in [-0.2, -0.15) is 0 Å². The fourth-order valence-electron chi connectivity index (χ4n) is 5.52. The second kappa shape index (κ2) is 15.4. The Bertz CT molecular complexity index is 1460. The van der Waals surface area contributed by atoms with Crippen molar-refractivity contribution in [1.29, 1.82) is 0 Å². The number of hydrogen-bond acceptors (Lipinski definition) is 6. The largest absolute Gasteiger partial charge is 0.392 e. The van der Waals surface area contributed by atoms with Gasteiger partial charge in [-0.15, -0.1) is 11.8 Å². The lowest BCUT2D eigenvalue weighted by atomic mass is 9.98. The molecule has 3 aromatic carbocycles. The Morgan fingerprint density at radius 3 is 2.41 bits per heavy atom. The van der Waals surface area contributed by atoms with Crippen LogP contribution in [-0.2, 0) is 29.1 Å².